The highest BCUT2D eigenvalue weighted by Gasteiger charge is 2.58. The summed E-state index contributed by atoms with van der Waals surface area (Å²) in [6, 6.07) is 5.82. The first-order chi connectivity index (χ1) is 12.3. The van der Waals surface area contributed by atoms with E-state index in [0.29, 0.717) is 24.8 Å². The van der Waals surface area contributed by atoms with Gasteiger partial charge in [0.25, 0.3) is 0 Å². The number of aromatic hydroxyl groups is 1. The van der Waals surface area contributed by atoms with Crippen LogP contribution in [-0.4, -0.2) is 50.0 Å². The van der Waals surface area contributed by atoms with E-state index in [1.54, 1.807) is 20.3 Å². The summed E-state index contributed by atoms with van der Waals surface area (Å²) < 4.78 is 10.9. The van der Waals surface area contributed by atoms with E-state index in [1.807, 2.05) is 12.1 Å². The fraction of sp³-hybridized carbons (Fsp3) is 0.650. The maximum atomic E-state index is 10.2. The number of hydrogen-bond acceptors (Lipinski definition) is 4. The predicted octanol–water partition coefficient (Wildman–Crippen LogP) is 3.32. The lowest BCUT2D eigenvalue weighted by atomic mass is 9.56. The minimum Gasteiger partial charge on any atom is -0.504 e. The van der Waals surface area contributed by atoms with Gasteiger partial charge in [0.2, 0.25) is 0 Å². The summed E-state index contributed by atoms with van der Waals surface area (Å²) in [5.74, 6) is 1.48. The van der Waals surface area contributed by atoms with Gasteiger partial charge in [-0.2, -0.15) is 0 Å². The summed E-state index contributed by atoms with van der Waals surface area (Å²) in [5, 5.41) is 17.0. The summed E-state index contributed by atoms with van der Waals surface area (Å²) >= 11 is 0. The molecule has 6 nitrogen and oxygen atoms in total. The van der Waals surface area contributed by atoms with Crippen molar-refractivity contribution in [1.29, 1.82) is 0 Å². The fourth-order valence-electron chi connectivity index (χ4n) is 3.43. The van der Waals surface area contributed by atoms with Crippen molar-refractivity contribution < 1.29 is 14.6 Å². The van der Waals surface area contributed by atoms with E-state index in [9.17, 15) is 5.11 Å². The molecule has 2 atom stereocenters. The zero-order chi connectivity index (χ0) is 19.4. The molecule has 1 aliphatic carbocycles. The van der Waals surface area contributed by atoms with E-state index in [-0.39, 0.29) is 40.7 Å². The Kier molecular flexibility index (Phi) is 8.66. The van der Waals surface area contributed by atoms with Crippen LogP contribution in [0.1, 0.15) is 39.7 Å². The van der Waals surface area contributed by atoms with E-state index in [0.717, 1.165) is 24.5 Å². The van der Waals surface area contributed by atoms with Crippen molar-refractivity contribution >= 4 is 29.9 Å². The number of para-hydroxylation sites is 1. The number of halogens is 1. The van der Waals surface area contributed by atoms with Gasteiger partial charge in [-0.25, -0.2) is 0 Å². The van der Waals surface area contributed by atoms with Crippen LogP contribution in [0.2, 0.25) is 0 Å². The minimum atomic E-state index is -0.117. The summed E-state index contributed by atoms with van der Waals surface area (Å²) in [6.07, 6.45) is 1.58. The SMILES string of the molecule is CCNC(=NCCc1cccc(OC)c1O)NC1CC(C)(OC)C1(C)C.I. The summed E-state index contributed by atoms with van der Waals surface area (Å²) in [4.78, 5) is 4.67. The molecule has 0 amide bonds. The second-order valence-electron chi connectivity index (χ2n) is 7.54. The van der Waals surface area contributed by atoms with Gasteiger partial charge in [0, 0.05) is 31.7 Å². The van der Waals surface area contributed by atoms with Crippen molar-refractivity contribution in [2.24, 2.45) is 10.4 Å². The first-order valence-corrected chi connectivity index (χ1v) is 9.24. The molecule has 2 unspecified atom stereocenters. The molecule has 1 saturated carbocycles. The molecule has 3 N–H and O–H groups in total. The van der Waals surface area contributed by atoms with E-state index >= 15 is 0 Å². The number of benzene rings is 1. The third-order valence-corrected chi connectivity index (χ3v) is 5.89. The second kappa shape index (κ2) is 9.82. The summed E-state index contributed by atoms with van der Waals surface area (Å²) in [7, 11) is 3.33. The van der Waals surface area contributed by atoms with Crippen molar-refractivity contribution in [2.45, 2.75) is 52.2 Å². The molecule has 1 aliphatic rings. The number of guanidine groups is 1. The molecule has 0 saturated heterocycles. The summed E-state index contributed by atoms with van der Waals surface area (Å²) in [5.41, 5.74) is 0.733. The van der Waals surface area contributed by atoms with E-state index in [2.05, 4.69) is 43.3 Å². The average Bonchev–Trinajstić information content (AvgIpc) is 2.62. The number of nitrogens with one attached hydrogen (secondary N) is 2. The van der Waals surface area contributed by atoms with Crippen molar-refractivity contribution in [2.75, 3.05) is 27.3 Å². The largest absolute Gasteiger partial charge is 0.504 e. The molecule has 0 radical (unpaired) electrons. The number of hydrogen-bond donors (Lipinski definition) is 3. The Morgan fingerprint density at radius 3 is 2.56 bits per heavy atom. The van der Waals surface area contributed by atoms with Crippen LogP contribution in [0.25, 0.3) is 0 Å². The highest BCUT2D eigenvalue weighted by molar-refractivity contribution is 14.0. The van der Waals surface area contributed by atoms with Crippen LogP contribution >= 0.6 is 24.0 Å². The van der Waals surface area contributed by atoms with Crippen molar-refractivity contribution in [3.8, 4) is 11.5 Å². The number of aliphatic imine (C=N–C) groups is 1. The number of ether oxygens (including phenoxy) is 2. The molecular formula is C20H34IN3O3. The Bertz CT molecular complexity index is 651. The molecule has 7 heteroatoms. The van der Waals surface area contributed by atoms with Gasteiger partial charge >= 0.3 is 0 Å². The van der Waals surface area contributed by atoms with Gasteiger partial charge < -0.3 is 25.2 Å². The molecule has 1 fully saturated rings. The minimum absolute atomic E-state index is 0. The van der Waals surface area contributed by atoms with E-state index in [4.69, 9.17) is 9.47 Å². The molecule has 27 heavy (non-hydrogen) atoms. The van der Waals surface area contributed by atoms with Gasteiger partial charge in [-0.05, 0) is 38.3 Å². The Hall–Kier alpha value is -1.22. The second-order valence-corrected chi connectivity index (χ2v) is 7.54. The molecule has 0 bridgehead atoms. The smallest absolute Gasteiger partial charge is 0.191 e. The van der Waals surface area contributed by atoms with Gasteiger partial charge in [-0.1, -0.05) is 26.0 Å². The first kappa shape index (κ1) is 23.8. The lowest BCUT2D eigenvalue weighted by Crippen LogP contribution is -2.69. The first-order valence-electron chi connectivity index (χ1n) is 9.24. The fourth-order valence-corrected chi connectivity index (χ4v) is 3.43. The molecule has 1 aromatic carbocycles. The quantitative estimate of drug-likeness (QED) is 0.310. The normalized spacial score (nSPS) is 23.8. The van der Waals surface area contributed by atoms with Gasteiger partial charge in [0.15, 0.2) is 17.5 Å². The standard InChI is InChI=1S/C20H33N3O3.HI/c1-7-21-18(23-16-13-20(4,26-6)19(16,2)3)22-12-11-14-9-8-10-15(25-5)17(14)24;/h8-10,16,24H,7,11-13H2,1-6H3,(H2,21,22,23);1H. The molecule has 154 valence electrons. The van der Waals surface area contributed by atoms with Crippen LogP contribution in [0, 0.1) is 5.41 Å². The lowest BCUT2D eigenvalue weighted by Gasteiger charge is -2.59. The Morgan fingerprint density at radius 1 is 1.30 bits per heavy atom. The highest BCUT2D eigenvalue weighted by Crippen LogP contribution is 2.51. The van der Waals surface area contributed by atoms with Crippen molar-refractivity contribution in [3.05, 3.63) is 23.8 Å². The van der Waals surface area contributed by atoms with Crippen molar-refractivity contribution in [3.63, 3.8) is 0 Å². The van der Waals surface area contributed by atoms with Gasteiger partial charge in [0.1, 0.15) is 0 Å². The monoisotopic (exact) mass is 491 g/mol. The number of methoxy groups -OCH3 is 2. The maximum absolute atomic E-state index is 10.2. The van der Waals surface area contributed by atoms with Crippen molar-refractivity contribution in [1.82, 2.24) is 10.6 Å². The number of phenolic OH excluding ortho intramolecular Hbond substituents is 1. The van der Waals surface area contributed by atoms with Gasteiger partial charge in [-0.3, -0.25) is 4.99 Å². The van der Waals surface area contributed by atoms with E-state index < -0.39 is 0 Å². The Balaban J connectivity index is 0.00000364. The zero-order valence-electron chi connectivity index (χ0n) is 17.3. The summed E-state index contributed by atoms with van der Waals surface area (Å²) in [6.45, 7) is 10.0. The van der Waals surface area contributed by atoms with Crippen LogP contribution in [0.15, 0.2) is 23.2 Å². The molecule has 0 aromatic heterocycles. The molecular weight excluding hydrogens is 457 g/mol. The molecule has 0 aliphatic heterocycles. The average molecular weight is 491 g/mol. The third kappa shape index (κ3) is 4.99. The molecule has 2 rings (SSSR count). The van der Waals surface area contributed by atoms with Crippen LogP contribution in [0.5, 0.6) is 11.5 Å². The van der Waals surface area contributed by atoms with Gasteiger partial charge in [0.05, 0.1) is 12.7 Å². The Labute approximate surface area is 180 Å². The molecule has 1 aromatic rings. The van der Waals surface area contributed by atoms with Crippen LogP contribution in [0.3, 0.4) is 0 Å². The van der Waals surface area contributed by atoms with E-state index in [1.165, 1.54) is 0 Å². The lowest BCUT2D eigenvalue weighted by molar-refractivity contribution is -0.176. The maximum Gasteiger partial charge on any atom is 0.191 e. The predicted molar refractivity (Wildman–Crippen MR) is 120 cm³/mol. The third-order valence-electron chi connectivity index (χ3n) is 5.89. The Morgan fingerprint density at radius 2 is 2.00 bits per heavy atom. The number of nitrogens with zero attached hydrogens (tertiary/aromatic N) is 1. The molecule has 0 heterocycles. The number of rotatable bonds is 7. The van der Waals surface area contributed by atoms with Crippen LogP contribution in [0.4, 0.5) is 0 Å². The topological polar surface area (TPSA) is 75.1 Å². The molecule has 0 spiro atoms. The highest BCUT2D eigenvalue weighted by atomic mass is 127. The van der Waals surface area contributed by atoms with Crippen LogP contribution in [-0.2, 0) is 11.2 Å². The van der Waals surface area contributed by atoms with Crippen LogP contribution < -0.4 is 15.4 Å². The number of phenols is 1. The van der Waals surface area contributed by atoms with Gasteiger partial charge in [-0.15, -0.1) is 24.0 Å². The zero-order valence-corrected chi connectivity index (χ0v) is 19.6.